The van der Waals surface area contributed by atoms with Crippen LogP contribution in [0.15, 0.2) is 42.5 Å². The fourth-order valence-corrected chi connectivity index (χ4v) is 2.68. The highest BCUT2D eigenvalue weighted by Gasteiger charge is 2.16. The maximum absolute atomic E-state index is 10.7. The molecule has 1 N–H and O–H groups in total. The Balaban J connectivity index is 2.19. The fraction of sp³-hybridized carbons (Fsp3) is 0.381. The van der Waals surface area contributed by atoms with Gasteiger partial charge in [-0.3, -0.25) is 4.79 Å². The van der Waals surface area contributed by atoms with Gasteiger partial charge < -0.3 is 9.84 Å². The number of ether oxygens (including phenoxy) is 1. The third-order valence-corrected chi connectivity index (χ3v) is 4.19. The summed E-state index contributed by atoms with van der Waals surface area (Å²) in [4.78, 5) is 10.7. The molecular formula is C21H26O3. The molecule has 0 aliphatic heterocycles. The Morgan fingerprint density at radius 1 is 1.04 bits per heavy atom. The van der Waals surface area contributed by atoms with E-state index in [1.165, 1.54) is 16.7 Å². The van der Waals surface area contributed by atoms with Crippen molar-refractivity contribution in [1.29, 1.82) is 0 Å². The number of aryl methyl sites for hydroxylation is 1. The van der Waals surface area contributed by atoms with Crippen LogP contribution in [0.5, 0.6) is 5.75 Å². The third kappa shape index (κ3) is 4.85. The molecule has 2 aromatic carbocycles. The van der Waals surface area contributed by atoms with E-state index in [2.05, 4.69) is 45.0 Å². The van der Waals surface area contributed by atoms with Gasteiger partial charge in [-0.2, -0.15) is 0 Å². The number of carbonyl (C=O) groups is 1. The molecule has 2 rings (SSSR count). The second-order valence-corrected chi connectivity index (χ2v) is 7.16. The van der Waals surface area contributed by atoms with Crippen LogP contribution in [0.1, 0.15) is 49.4 Å². The molecule has 0 saturated carbocycles. The minimum atomic E-state index is -0.761. The molecule has 24 heavy (non-hydrogen) atoms. The SMILES string of the molecule is COc1ccc(C(C)(C)C)cc1Cc1ccc(CCC(=O)O)cc1. The quantitative estimate of drug-likeness (QED) is 0.844. The van der Waals surface area contributed by atoms with Gasteiger partial charge in [0.25, 0.3) is 0 Å². The molecule has 3 nitrogen and oxygen atoms in total. The van der Waals surface area contributed by atoms with Crippen LogP contribution in [-0.2, 0) is 23.1 Å². The Morgan fingerprint density at radius 2 is 1.67 bits per heavy atom. The van der Waals surface area contributed by atoms with Crippen LogP contribution in [0.25, 0.3) is 0 Å². The molecule has 0 unspecified atom stereocenters. The Hall–Kier alpha value is -2.29. The first-order valence-corrected chi connectivity index (χ1v) is 8.26. The summed E-state index contributed by atoms with van der Waals surface area (Å²) < 4.78 is 5.51. The van der Waals surface area contributed by atoms with Gasteiger partial charge in [-0.25, -0.2) is 0 Å². The lowest BCUT2D eigenvalue weighted by molar-refractivity contribution is -0.136. The first-order chi connectivity index (χ1) is 11.3. The topological polar surface area (TPSA) is 46.5 Å². The van der Waals surface area contributed by atoms with Crippen molar-refractivity contribution in [3.63, 3.8) is 0 Å². The van der Waals surface area contributed by atoms with E-state index >= 15 is 0 Å². The summed E-state index contributed by atoms with van der Waals surface area (Å²) in [7, 11) is 1.70. The fourth-order valence-electron chi connectivity index (χ4n) is 2.68. The van der Waals surface area contributed by atoms with E-state index in [-0.39, 0.29) is 11.8 Å². The van der Waals surface area contributed by atoms with Crippen molar-refractivity contribution in [3.05, 3.63) is 64.7 Å². The standard InChI is InChI=1S/C21H26O3/c1-21(2,3)18-10-11-19(24-4)17(14-18)13-16-7-5-15(6-8-16)9-12-20(22)23/h5-8,10-11,14H,9,12-13H2,1-4H3,(H,22,23). The van der Waals surface area contributed by atoms with Crippen molar-refractivity contribution in [1.82, 2.24) is 0 Å². The average Bonchev–Trinajstić information content (AvgIpc) is 2.53. The van der Waals surface area contributed by atoms with Crippen LogP contribution in [0.4, 0.5) is 0 Å². The molecule has 3 heteroatoms. The van der Waals surface area contributed by atoms with E-state index in [1.54, 1.807) is 7.11 Å². The summed E-state index contributed by atoms with van der Waals surface area (Å²) in [5.41, 5.74) is 4.80. The van der Waals surface area contributed by atoms with Crippen molar-refractivity contribution in [2.75, 3.05) is 7.11 Å². The number of methoxy groups -OCH3 is 1. The molecule has 2 aromatic rings. The summed E-state index contributed by atoms with van der Waals surface area (Å²) in [5.74, 6) is 0.140. The van der Waals surface area contributed by atoms with Crippen LogP contribution in [0.2, 0.25) is 0 Å². The van der Waals surface area contributed by atoms with Crippen LogP contribution < -0.4 is 4.74 Å². The molecule has 0 aliphatic carbocycles. The van der Waals surface area contributed by atoms with Crippen LogP contribution in [0.3, 0.4) is 0 Å². The molecule has 0 atom stereocenters. The molecule has 128 valence electrons. The van der Waals surface area contributed by atoms with Gasteiger partial charge in [0.2, 0.25) is 0 Å². The van der Waals surface area contributed by atoms with Crippen molar-refractivity contribution in [2.24, 2.45) is 0 Å². The Bertz CT molecular complexity index is 694. The zero-order valence-electron chi connectivity index (χ0n) is 14.9. The summed E-state index contributed by atoms with van der Waals surface area (Å²) in [5, 5.41) is 8.76. The lowest BCUT2D eigenvalue weighted by Gasteiger charge is -2.21. The highest BCUT2D eigenvalue weighted by Crippen LogP contribution is 2.29. The number of benzene rings is 2. The largest absolute Gasteiger partial charge is 0.496 e. The monoisotopic (exact) mass is 326 g/mol. The normalized spacial score (nSPS) is 11.3. The molecule has 0 bridgehead atoms. The van der Waals surface area contributed by atoms with Crippen molar-refractivity contribution in [2.45, 2.75) is 45.4 Å². The molecule has 0 aliphatic rings. The lowest BCUT2D eigenvalue weighted by atomic mass is 9.85. The molecule has 0 fully saturated rings. The van der Waals surface area contributed by atoms with Gasteiger partial charge in [0.1, 0.15) is 5.75 Å². The van der Waals surface area contributed by atoms with Gasteiger partial charge in [0.05, 0.1) is 7.11 Å². The van der Waals surface area contributed by atoms with Gasteiger partial charge in [-0.1, -0.05) is 57.2 Å². The zero-order valence-corrected chi connectivity index (χ0v) is 14.9. The number of hydrogen-bond donors (Lipinski definition) is 1. The van der Waals surface area contributed by atoms with Gasteiger partial charge in [-0.05, 0) is 40.2 Å². The zero-order chi connectivity index (χ0) is 17.7. The summed E-state index contributed by atoms with van der Waals surface area (Å²) >= 11 is 0. The molecule has 0 saturated heterocycles. The molecule has 0 radical (unpaired) electrons. The third-order valence-electron chi connectivity index (χ3n) is 4.19. The molecule has 0 heterocycles. The smallest absolute Gasteiger partial charge is 0.303 e. The minimum absolute atomic E-state index is 0.0989. The number of hydrogen-bond acceptors (Lipinski definition) is 2. The van der Waals surface area contributed by atoms with Crippen LogP contribution in [0, 0.1) is 0 Å². The van der Waals surface area contributed by atoms with Crippen molar-refractivity contribution < 1.29 is 14.6 Å². The lowest BCUT2D eigenvalue weighted by Crippen LogP contribution is -2.11. The van der Waals surface area contributed by atoms with Gasteiger partial charge in [0, 0.05) is 12.8 Å². The van der Waals surface area contributed by atoms with Gasteiger partial charge in [-0.15, -0.1) is 0 Å². The van der Waals surface area contributed by atoms with Gasteiger partial charge in [0.15, 0.2) is 0 Å². The van der Waals surface area contributed by atoms with E-state index in [0.717, 1.165) is 17.7 Å². The maximum atomic E-state index is 10.7. The molecule has 0 aromatic heterocycles. The van der Waals surface area contributed by atoms with E-state index < -0.39 is 5.97 Å². The molecule has 0 amide bonds. The molecular weight excluding hydrogens is 300 g/mol. The summed E-state index contributed by atoms with van der Waals surface area (Å²) in [6, 6.07) is 14.5. The maximum Gasteiger partial charge on any atom is 0.303 e. The average molecular weight is 326 g/mol. The number of carboxylic acid groups (broad SMARTS) is 1. The summed E-state index contributed by atoms with van der Waals surface area (Å²) in [6.07, 6.45) is 1.53. The van der Waals surface area contributed by atoms with Crippen molar-refractivity contribution >= 4 is 5.97 Å². The number of rotatable bonds is 6. The second kappa shape index (κ2) is 7.52. The van der Waals surface area contributed by atoms with Gasteiger partial charge >= 0.3 is 5.97 Å². The van der Waals surface area contributed by atoms with Crippen LogP contribution >= 0.6 is 0 Å². The van der Waals surface area contributed by atoms with Crippen LogP contribution in [-0.4, -0.2) is 18.2 Å². The second-order valence-electron chi connectivity index (χ2n) is 7.16. The van der Waals surface area contributed by atoms with E-state index in [0.29, 0.717) is 6.42 Å². The van der Waals surface area contributed by atoms with E-state index in [4.69, 9.17) is 9.84 Å². The predicted octanol–water partition coefficient (Wildman–Crippen LogP) is 4.60. The predicted molar refractivity (Wildman–Crippen MR) is 96.9 cm³/mol. The Labute approximate surface area is 144 Å². The Kier molecular flexibility index (Phi) is 5.66. The molecule has 0 spiro atoms. The first kappa shape index (κ1) is 18.1. The van der Waals surface area contributed by atoms with E-state index in [9.17, 15) is 4.79 Å². The van der Waals surface area contributed by atoms with Crippen molar-refractivity contribution in [3.8, 4) is 5.75 Å². The number of carboxylic acids is 1. The number of aliphatic carboxylic acids is 1. The highest BCUT2D eigenvalue weighted by atomic mass is 16.5. The first-order valence-electron chi connectivity index (χ1n) is 8.26. The highest BCUT2D eigenvalue weighted by molar-refractivity contribution is 5.67. The minimum Gasteiger partial charge on any atom is -0.496 e. The summed E-state index contributed by atoms with van der Waals surface area (Å²) in [6.45, 7) is 6.61. The van der Waals surface area contributed by atoms with E-state index in [1.807, 2.05) is 18.2 Å². The Morgan fingerprint density at radius 3 is 2.21 bits per heavy atom.